The van der Waals surface area contributed by atoms with Crippen molar-refractivity contribution >= 4 is 11.3 Å². The minimum absolute atomic E-state index is 0.519. The van der Waals surface area contributed by atoms with Crippen LogP contribution < -0.4 is 5.32 Å². The van der Waals surface area contributed by atoms with E-state index in [9.17, 15) is 0 Å². The molecular formula is C15H21N5OS. The molecule has 22 heavy (non-hydrogen) atoms. The smallest absolute Gasteiger partial charge is 0.229 e. The topological polar surface area (TPSA) is 67.1 Å². The average Bonchev–Trinajstić information content (AvgIpc) is 3.06. The summed E-state index contributed by atoms with van der Waals surface area (Å²) in [6, 6.07) is 0.519. The van der Waals surface area contributed by atoms with Crippen molar-refractivity contribution in [2.24, 2.45) is 0 Å². The number of thiazole rings is 1. The average molecular weight is 319 g/mol. The Morgan fingerprint density at radius 3 is 3.14 bits per heavy atom. The van der Waals surface area contributed by atoms with Crippen molar-refractivity contribution < 1.29 is 4.52 Å². The largest absolute Gasteiger partial charge is 0.339 e. The number of hydrogen-bond donors (Lipinski definition) is 1. The van der Waals surface area contributed by atoms with Crippen LogP contribution in [0, 0.1) is 0 Å². The Hall–Kier alpha value is -1.31. The first kappa shape index (κ1) is 14.3. The molecule has 2 aromatic rings. The fourth-order valence-electron chi connectivity index (χ4n) is 2.97. The number of aromatic nitrogens is 3. The molecule has 0 amide bonds. The zero-order valence-corrected chi connectivity index (χ0v) is 13.4. The number of rotatable bonds is 6. The fourth-order valence-corrected chi connectivity index (χ4v) is 3.53. The highest BCUT2D eigenvalue weighted by Gasteiger charge is 2.30. The first-order valence-electron chi connectivity index (χ1n) is 8.02. The summed E-state index contributed by atoms with van der Waals surface area (Å²) in [4.78, 5) is 11.3. The van der Waals surface area contributed by atoms with Crippen LogP contribution in [0.4, 0.5) is 0 Å². The highest BCUT2D eigenvalue weighted by atomic mass is 32.1. The van der Waals surface area contributed by atoms with Gasteiger partial charge in [-0.2, -0.15) is 4.98 Å². The highest BCUT2D eigenvalue weighted by Crippen LogP contribution is 2.38. The lowest BCUT2D eigenvalue weighted by Crippen LogP contribution is -2.45. The van der Waals surface area contributed by atoms with Gasteiger partial charge < -0.3 is 9.84 Å². The van der Waals surface area contributed by atoms with E-state index in [1.54, 1.807) is 11.3 Å². The van der Waals surface area contributed by atoms with E-state index in [-0.39, 0.29) is 0 Å². The lowest BCUT2D eigenvalue weighted by Gasteiger charge is -2.32. The van der Waals surface area contributed by atoms with Crippen LogP contribution in [0.1, 0.15) is 49.0 Å². The zero-order chi connectivity index (χ0) is 14.8. The third kappa shape index (κ3) is 3.53. The molecule has 2 aromatic heterocycles. The van der Waals surface area contributed by atoms with E-state index in [2.05, 4.69) is 30.7 Å². The minimum Gasteiger partial charge on any atom is -0.339 e. The van der Waals surface area contributed by atoms with E-state index in [0.717, 1.165) is 43.6 Å². The Balaban J connectivity index is 1.28. The first-order chi connectivity index (χ1) is 10.9. The van der Waals surface area contributed by atoms with E-state index in [4.69, 9.17) is 4.52 Å². The number of piperidine rings is 1. The Kier molecular flexibility index (Phi) is 4.18. The molecular weight excluding hydrogens is 298 g/mol. The summed E-state index contributed by atoms with van der Waals surface area (Å²) in [6.07, 6.45) is 4.84. The quantitative estimate of drug-likeness (QED) is 0.880. The number of nitrogens with one attached hydrogen (secondary N) is 1. The molecule has 0 unspecified atom stereocenters. The monoisotopic (exact) mass is 319 g/mol. The van der Waals surface area contributed by atoms with Crippen LogP contribution in [0.3, 0.4) is 0 Å². The molecule has 4 rings (SSSR count). The Bertz CT molecular complexity index is 595. The lowest BCUT2D eigenvalue weighted by molar-refractivity contribution is 0.177. The van der Waals surface area contributed by atoms with Gasteiger partial charge in [0, 0.05) is 30.4 Å². The van der Waals surface area contributed by atoms with Gasteiger partial charge in [-0.15, -0.1) is 11.3 Å². The summed E-state index contributed by atoms with van der Waals surface area (Å²) < 4.78 is 5.34. The summed E-state index contributed by atoms with van der Waals surface area (Å²) in [5, 5.41) is 9.84. The SMILES string of the molecule is c1nc(CN[C@@H]2CCCN(Cc3noc(C4CC4)n3)C2)cs1. The third-order valence-corrected chi connectivity index (χ3v) is 4.97. The molecule has 2 fully saturated rings. The van der Waals surface area contributed by atoms with Crippen LogP contribution >= 0.6 is 11.3 Å². The van der Waals surface area contributed by atoms with Gasteiger partial charge in [0.2, 0.25) is 5.89 Å². The molecule has 1 atom stereocenters. The van der Waals surface area contributed by atoms with Gasteiger partial charge in [0.05, 0.1) is 17.7 Å². The van der Waals surface area contributed by atoms with Crippen molar-refractivity contribution in [1.29, 1.82) is 0 Å². The van der Waals surface area contributed by atoms with Gasteiger partial charge in [-0.25, -0.2) is 4.98 Å². The summed E-state index contributed by atoms with van der Waals surface area (Å²) in [6.45, 7) is 3.81. The molecule has 2 aliphatic rings. The number of hydrogen-bond acceptors (Lipinski definition) is 7. The van der Waals surface area contributed by atoms with Crippen LogP contribution in [-0.2, 0) is 13.1 Å². The van der Waals surface area contributed by atoms with Gasteiger partial charge in [0.25, 0.3) is 0 Å². The number of likely N-dealkylation sites (tertiary alicyclic amines) is 1. The standard InChI is InChI=1S/C15H21N5OS/c1-2-12(16-6-13-9-22-10-17-13)7-20(5-1)8-14-18-15(21-19-14)11-3-4-11/h9-12,16H,1-8H2/t12-/m1/s1. The van der Waals surface area contributed by atoms with Crippen LogP contribution in [0.2, 0.25) is 0 Å². The maximum atomic E-state index is 5.34. The summed E-state index contributed by atoms with van der Waals surface area (Å²) in [5.74, 6) is 2.21. The van der Waals surface area contributed by atoms with Gasteiger partial charge in [0.1, 0.15) is 0 Å². The van der Waals surface area contributed by atoms with Gasteiger partial charge in [0.15, 0.2) is 5.82 Å². The summed E-state index contributed by atoms with van der Waals surface area (Å²) in [5.41, 5.74) is 3.02. The lowest BCUT2D eigenvalue weighted by atomic mass is 10.1. The van der Waals surface area contributed by atoms with E-state index in [1.807, 2.05) is 5.51 Å². The van der Waals surface area contributed by atoms with Crippen LogP contribution in [-0.4, -0.2) is 39.2 Å². The normalized spacial score (nSPS) is 23.0. The molecule has 1 aliphatic carbocycles. The van der Waals surface area contributed by atoms with E-state index < -0.39 is 0 Å². The van der Waals surface area contributed by atoms with Crippen molar-refractivity contribution in [3.05, 3.63) is 28.3 Å². The van der Waals surface area contributed by atoms with Crippen molar-refractivity contribution in [3.63, 3.8) is 0 Å². The van der Waals surface area contributed by atoms with Crippen LogP contribution in [0.5, 0.6) is 0 Å². The van der Waals surface area contributed by atoms with Crippen LogP contribution in [0.15, 0.2) is 15.4 Å². The van der Waals surface area contributed by atoms with Gasteiger partial charge >= 0.3 is 0 Å². The van der Waals surface area contributed by atoms with Gasteiger partial charge in [-0.05, 0) is 32.2 Å². The molecule has 7 heteroatoms. The molecule has 0 aromatic carbocycles. The Morgan fingerprint density at radius 2 is 2.32 bits per heavy atom. The third-order valence-electron chi connectivity index (χ3n) is 4.34. The molecule has 118 valence electrons. The summed E-state index contributed by atoms with van der Waals surface area (Å²) in [7, 11) is 0. The van der Waals surface area contributed by atoms with E-state index in [0.29, 0.717) is 12.0 Å². The second-order valence-corrected chi connectivity index (χ2v) is 6.98. The second-order valence-electron chi connectivity index (χ2n) is 6.26. The molecule has 1 aliphatic heterocycles. The van der Waals surface area contributed by atoms with Crippen molar-refractivity contribution in [2.75, 3.05) is 13.1 Å². The molecule has 1 N–H and O–H groups in total. The molecule has 0 spiro atoms. The first-order valence-corrected chi connectivity index (χ1v) is 8.96. The van der Waals surface area contributed by atoms with Crippen molar-refractivity contribution in [3.8, 4) is 0 Å². The van der Waals surface area contributed by atoms with Crippen molar-refractivity contribution in [1.82, 2.24) is 25.3 Å². The van der Waals surface area contributed by atoms with E-state index in [1.165, 1.54) is 25.7 Å². The predicted molar refractivity (Wildman–Crippen MR) is 83.5 cm³/mol. The maximum Gasteiger partial charge on any atom is 0.229 e. The fraction of sp³-hybridized carbons (Fsp3) is 0.667. The van der Waals surface area contributed by atoms with Gasteiger partial charge in [-0.1, -0.05) is 5.16 Å². The Labute approximate surface area is 133 Å². The van der Waals surface area contributed by atoms with Crippen LogP contribution in [0.25, 0.3) is 0 Å². The van der Waals surface area contributed by atoms with Crippen molar-refractivity contribution in [2.45, 2.75) is 50.7 Å². The Morgan fingerprint density at radius 1 is 1.36 bits per heavy atom. The van der Waals surface area contributed by atoms with Gasteiger partial charge in [-0.3, -0.25) is 4.90 Å². The molecule has 0 radical (unpaired) electrons. The molecule has 6 nitrogen and oxygen atoms in total. The minimum atomic E-state index is 0.519. The molecule has 3 heterocycles. The maximum absolute atomic E-state index is 5.34. The predicted octanol–water partition coefficient (Wildman–Crippen LogP) is 2.16. The summed E-state index contributed by atoms with van der Waals surface area (Å²) >= 11 is 1.65. The number of nitrogens with zero attached hydrogens (tertiary/aromatic N) is 4. The zero-order valence-electron chi connectivity index (χ0n) is 12.6. The van der Waals surface area contributed by atoms with E-state index >= 15 is 0 Å². The molecule has 1 saturated heterocycles. The highest BCUT2D eigenvalue weighted by molar-refractivity contribution is 7.07. The second kappa shape index (κ2) is 6.44. The molecule has 0 bridgehead atoms. The molecule has 1 saturated carbocycles.